The Hall–Kier alpha value is -9.52. The fraction of sp³-hybridized carbons (Fsp3) is 0. The SMILES string of the molecule is c1ccc(-c2ccc(N(c3ccc(-c4ccc5c(c4)-c4nc6ccccc6c6cccc(c46)N5c4nc(-c5ccccc5)nc(-c5ccccc5)n4)cc3)c3ccccc3-c3ccccc3)cc2)cc1. The number of hydrogen-bond acceptors (Lipinski definition) is 6. The Bertz CT molecular complexity index is 3810. The van der Waals surface area contributed by atoms with Gasteiger partial charge in [0.05, 0.1) is 28.3 Å². The van der Waals surface area contributed by atoms with E-state index in [1.807, 2.05) is 60.7 Å². The number of anilines is 6. The molecule has 0 fully saturated rings. The first-order valence-electron chi connectivity index (χ1n) is 23.6. The Morgan fingerprint density at radius 3 is 1.46 bits per heavy atom. The number of pyridine rings is 1. The largest absolute Gasteiger partial charge is 0.310 e. The molecule has 2 aromatic heterocycles. The van der Waals surface area contributed by atoms with E-state index in [2.05, 4.69) is 204 Å². The molecular formula is C64H42N6. The molecule has 0 radical (unpaired) electrons. The van der Waals surface area contributed by atoms with Crippen LogP contribution < -0.4 is 9.80 Å². The van der Waals surface area contributed by atoms with Gasteiger partial charge in [0, 0.05) is 44.4 Å². The lowest BCUT2D eigenvalue weighted by molar-refractivity contribution is 1.02. The Morgan fingerprint density at radius 2 is 0.814 bits per heavy atom. The maximum Gasteiger partial charge on any atom is 0.238 e. The first-order valence-corrected chi connectivity index (χ1v) is 23.6. The van der Waals surface area contributed by atoms with Crippen LogP contribution in [-0.4, -0.2) is 19.9 Å². The second-order valence-electron chi connectivity index (χ2n) is 17.4. The monoisotopic (exact) mass is 894 g/mol. The summed E-state index contributed by atoms with van der Waals surface area (Å²) in [7, 11) is 0. The van der Waals surface area contributed by atoms with Gasteiger partial charge in [-0.2, -0.15) is 9.97 Å². The summed E-state index contributed by atoms with van der Waals surface area (Å²) in [6.07, 6.45) is 0. The third-order valence-corrected chi connectivity index (χ3v) is 13.2. The average molecular weight is 895 g/mol. The number of aromatic nitrogens is 4. The van der Waals surface area contributed by atoms with Gasteiger partial charge in [0.2, 0.25) is 5.95 Å². The molecule has 6 heteroatoms. The van der Waals surface area contributed by atoms with Gasteiger partial charge in [0.25, 0.3) is 0 Å². The standard InChI is InChI=1S/C64H42N6/c1-5-18-43(19-6-1)44-32-37-50(38-33-44)69(57-30-16-14-26-52(57)46-20-7-2-8-21-46)51-39-34-45(35-40-51)49-36-41-58-55(42-49)61-60-54(53-27-13-15-29-56(53)65-61)28-17-31-59(60)70(58)64-67-62(47-22-9-3-10-23-47)66-63(68-64)48-24-11-4-12-25-48/h1-42H. The first kappa shape index (κ1) is 40.7. The molecule has 1 aliphatic rings. The molecule has 10 aromatic carbocycles. The molecule has 70 heavy (non-hydrogen) atoms. The lowest BCUT2D eigenvalue weighted by Gasteiger charge is -2.32. The van der Waals surface area contributed by atoms with Crippen molar-refractivity contribution in [3.05, 3.63) is 255 Å². The van der Waals surface area contributed by atoms with Gasteiger partial charge in [-0.25, -0.2) is 9.97 Å². The molecule has 0 unspecified atom stereocenters. The molecular weight excluding hydrogens is 853 g/mol. The van der Waals surface area contributed by atoms with E-state index < -0.39 is 0 Å². The van der Waals surface area contributed by atoms with Gasteiger partial charge in [-0.3, -0.25) is 4.90 Å². The van der Waals surface area contributed by atoms with Crippen LogP contribution in [-0.2, 0) is 0 Å². The predicted octanol–water partition coefficient (Wildman–Crippen LogP) is 16.8. The van der Waals surface area contributed by atoms with Crippen LogP contribution in [0.3, 0.4) is 0 Å². The highest BCUT2D eigenvalue weighted by atomic mass is 15.3. The Kier molecular flexibility index (Phi) is 10.1. The van der Waals surface area contributed by atoms with Crippen molar-refractivity contribution >= 4 is 56.1 Å². The van der Waals surface area contributed by atoms with Gasteiger partial charge in [-0.1, -0.05) is 200 Å². The zero-order chi connectivity index (χ0) is 46.4. The number of fused-ring (bicyclic) bond motifs is 4. The van der Waals surface area contributed by atoms with Crippen molar-refractivity contribution < 1.29 is 0 Å². The van der Waals surface area contributed by atoms with E-state index in [0.717, 1.165) is 94.8 Å². The lowest BCUT2D eigenvalue weighted by Crippen LogP contribution is -2.19. The van der Waals surface area contributed by atoms with Crippen LogP contribution in [0.1, 0.15) is 0 Å². The quantitative estimate of drug-likeness (QED) is 0.135. The minimum absolute atomic E-state index is 0.532. The summed E-state index contributed by atoms with van der Waals surface area (Å²) in [6, 6.07) is 89.5. The zero-order valence-electron chi connectivity index (χ0n) is 37.9. The minimum atomic E-state index is 0.532. The van der Waals surface area contributed by atoms with Gasteiger partial charge in [0.1, 0.15) is 0 Å². The molecule has 0 saturated heterocycles. The van der Waals surface area contributed by atoms with Crippen molar-refractivity contribution in [2.24, 2.45) is 0 Å². The van der Waals surface area contributed by atoms with Crippen LogP contribution >= 0.6 is 0 Å². The zero-order valence-corrected chi connectivity index (χ0v) is 37.9. The van der Waals surface area contributed by atoms with Crippen molar-refractivity contribution in [3.8, 4) is 67.4 Å². The molecule has 0 N–H and O–H groups in total. The van der Waals surface area contributed by atoms with Crippen LogP contribution in [0.15, 0.2) is 255 Å². The highest BCUT2D eigenvalue weighted by Gasteiger charge is 2.31. The third kappa shape index (κ3) is 7.23. The topological polar surface area (TPSA) is 58.0 Å². The van der Waals surface area contributed by atoms with Gasteiger partial charge in [-0.15, -0.1) is 0 Å². The van der Waals surface area contributed by atoms with Crippen LogP contribution in [0.25, 0.3) is 89.1 Å². The van der Waals surface area contributed by atoms with E-state index in [9.17, 15) is 0 Å². The van der Waals surface area contributed by atoms with Crippen molar-refractivity contribution in [1.82, 2.24) is 19.9 Å². The molecule has 3 heterocycles. The minimum Gasteiger partial charge on any atom is -0.310 e. The summed E-state index contributed by atoms with van der Waals surface area (Å²) >= 11 is 0. The summed E-state index contributed by atoms with van der Waals surface area (Å²) < 4.78 is 0. The van der Waals surface area contributed by atoms with Crippen LogP contribution in [0.4, 0.5) is 34.4 Å². The van der Waals surface area contributed by atoms with E-state index in [1.54, 1.807) is 0 Å². The molecule has 0 spiro atoms. The molecule has 0 bridgehead atoms. The van der Waals surface area contributed by atoms with Gasteiger partial charge in [-0.05, 0) is 87.8 Å². The molecule has 1 aliphatic heterocycles. The molecule has 13 rings (SSSR count). The Labute approximate surface area is 406 Å². The third-order valence-electron chi connectivity index (χ3n) is 13.2. The summed E-state index contributed by atoms with van der Waals surface area (Å²) in [5.41, 5.74) is 16.6. The van der Waals surface area contributed by atoms with Crippen molar-refractivity contribution in [1.29, 1.82) is 0 Å². The number of rotatable bonds is 9. The number of nitrogens with zero attached hydrogens (tertiary/aromatic N) is 6. The summed E-state index contributed by atoms with van der Waals surface area (Å²) in [5.74, 6) is 1.74. The van der Waals surface area contributed by atoms with Crippen LogP contribution in [0.2, 0.25) is 0 Å². The van der Waals surface area contributed by atoms with Crippen LogP contribution in [0, 0.1) is 0 Å². The first-order chi connectivity index (χ1) is 34.7. The molecule has 6 nitrogen and oxygen atoms in total. The molecule has 328 valence electrons. The summed E-state index contributed by atoms with van der Waals surface area (Å²) in [4.78, 5) is 25.6. The second-order valence-corrected chi connectivity index (χ2v) is 17.4. The van der Waals surface area contributed by atoms with Crippen LogP contribution in [0.5, 0.6) is 0 Å². The van der Waals surface area contributed by atoms with Crippen molar-refractivity contribution in [2.45, 2.75) is 0 Å². The normalized spacial score (nSPS) is 11.7. The molecule has 0 saturated carbocycles. The van der Waals surface area contributed by atoms with E-state index in [1.165, 1.54) is 11.1 Å². The Morgan fingerprint density at radius 1 is 0.314 bits per heavy atom. The van der Waals surface area contributed by atoms with E-state index >= 15 is 0 Å². The predicted molar refractivity (Wildman–Crippen MR) is 288 cm³/mol. The number of benzene rings is 10. The Balaban J connectivity index is 0.964. The van der Waals surface area contributed by atoms with Crippen molar-refractivity contribution in [3.63, 3.8) is 0 Å². The van der Waals surface area contributed by atoms with Crippen molar-refractivity contribution in [2.75, 3.05) is 9.80 Å². The van der Waals surface area contributed by atoms with Gasteiger partial charge in [0.15, 0.2) is 11.6 Å². The fourth-order valence-electron chi connectivity index (χ4n) is 9.91. The van der Waals surface area contributed by atoms with E-state index in [0.29, 0.717) is 17.6 Å². The molecule has 0 amide bonds. The van der Waals surface area contributed by atoms with E-state index in [-0.39, 0.29) is 0 Å². The van der Waals surface area contributed by atoms with Gasteiger partial charge >= 0.3 is 0 Å². The maximum atomic E-state index is 5.45. The molecule has 12 aromatic rings. The number of hydrogen-bond donors (Lipinski definition) is 0. The summed E-state index contributed by atoms with van der Waals surface area (Å²) in [5, 5.41) is 3.27. The average Bonchev–Trinajstić information content (AvgIpc) is 3.44. The van der Waals surface area contributed by atoms with E-state index in [4.69, 9.17) is 19.9 Å². The number of para-hydroxylation sites is 2. The fourth-order valence-corrected chi connectivity index (χ4v) is 9.91. The maximum absolute atomic E-state index is 5.45. The highest BCUT2D eigenvalue weighted by Crippen LogP contribution is 2.52. The summed E-state index contributed by atoms with van der Waals surface area (Å²) in [6.45, 7) is 0. The lowest BCUT2D eigenvalue weighted by atomic mass is 9.91. The second kappa shape index (κ2) is 17.3. The smallest absolute Gasteiger partial charge is 0.238 e. The van der Waals surface area contributed by atoms with Gasteiger partial charge < -0.3 is 4.90 Å². The molecule has 0 aliphatic carbocycles. The highest BCUT2D eigenvalue weighted by molar-refractivity contribution is 6.20. The molecule has 0 atom stereocenters.